The summed E-state index contributed by atoms with van der Waals surface area (Å²) in [6.07, 6.45) is 2.09. The van der Waals surface area contributed by atoms with Crippen LogP contribution in [0.1, 0.15) is 34.3 Å². The van der Waals surface area contributed by atoms with Gasteiger partial charge >= 0.3 is 0 Å². The number of nitrogens with zero attached hydrogens (tertiary/aromatic N) is 3. The summed E-state index contributed by atoms with van der Waals surface area (Å²) in [4.78, 5) is 20.1. The second-order valence-corrected chi connectivity index (χ2v) is 4.67. The summed E-state index contributed by atoms with van der Waals surface area (Å²) in [5.74, 6) is 0.388. The lowest BCUT2D eigenvalue weighted by Crippen LogP contribution is -2.27. The van der Waals surface area contributed by atoms with Gasteiger partial charge in [0.25, 0.3) is 5.91 Å². The van der Waals surface area contributed by atoms with Crippen molar-refractivity contribution in [2.45, 2.75) is 19.4 Å². The fourth-order valence-electron chi connectivity index (χ4n) is 1.42. The number of H-pyrrole nitrogens is 1. The molecule has 0 aliphatic carbocycles. The number of hydrogen-bond acceptors (Lipinski definition) is 6. The number of aromatic nitrogens is 4. The van der Waals surface area contributed by atoms with Gasteiger partial charge in [0.1, 0.15) is 17.8 Å². The standard InChI is InChI=1S/C10H14N6OS/c1-6(9-12-5-13-16-9)14-10(17)7-4-18-8(15-7)2-3-11/h4-6H,2-3,11H2,1H3,(H,14,17)(H,12,13,16). The molecule has 2 rings (SSSR count). The van der Waals surface area contributed by atoms with Gasteiger partial charge in [-0.2, -0.15) is 5.10 Å². The van der Waals surface area contributed by atoms with Gasteiger partial charge in [-0.3, -0.25) is 9.89 Å². The highest BCUT2D eigenvalue weighted by Gasteiger charge is 2.15. The summed E-state index contributed by atoms with van der Waals surface area (Å²) < 4.78 is 0. The molecule has 0 fully saturated rings. The molecular weight excluding hydrogens is 252 g/mol. The van der Waals surface area contributed by atoms with E-state index in [1.54, 1.807) is 5.38 Å². The molecule has 2 heterocycles. The van der Waals surface area contributed by atoms with Crippen molar-refractivity contribution in [1.29, 1.82) is 0 Å². The Hall–Kier alpha value is -1.80. The van der Waals surface area contributed by atoms with E-state index in [-0.39, 0.29) is 11.9 Å². The van der Waals surface area contributed by atoms with Crippen molar-refractivity contribution in [2.24, 2.45) is 5.73 Å². The smallest absolute Gasteiger partial charge is 0.271 e. The molecule has 0 radical (unpaired) electrons. The van der Waals surface area contributed by atoms with Gasteiger partial charge in [-0.05, 0) is 13.5 Å². The first kappa shape index (κ1) is 12.7. The maximum Gasteiger partial charge on any atom is 0.271 e. The number of carbonyl (C=O) groups is 1. The number of hydrogen-bond donors (Lipinski definition) is 3. The van der Waals surface area contributed by atoms with E-state index in [4.69, 9.17) is 5.73 Å². The van der Waals surface area contributed by atoms with E-state index < -0.39 is 0 Å². The van der Waals surface area contributed by atoms with E-state index in [9.17, 15) is 4.79 Å². The molecule has 2 aromatic heterocycles. The van der Waals surface area contributed by atoms with Gasteiger partial charge in [-0.15, -0.1) is 11.3 Å². The quantitative estimate of drug-likeness (QED) is 0.718. The Labute approximate surface area is 108 Å². The van der Waals surface area contributed by atoms with E-state index in [0.717, 1.165) is 5.01 Å². The largest absolute Gasteiger partial charge is 0.341 e. The number of aromatic amines is 1. The highest BCUT2D eigenvalue weighted by molar-refractivity contribution is 7.09. The monoisotopic (exact) mass is 266 g/mol. The molecule has 2 aromatic rings. The zero-order valence-corrected chi connectivity index (χ0v) is 10.7. The predicted molar refractivity (Wildman–Crippen MR) is 67.1 cm³/mol. The molecule has 0 bridgehead atoms. The SMILES string of the molecule is CC(NC(=O)c1csc(CCN)n1)c1ncn[nH]1. The topological polar surface area (TPSA) is 110 Å². The summed E-state index contributed by atoms with van der Waals surface area (Å²) in [5.41, 5.74) is 5.85. The molecule has 0 saturated carbocycles. The lowest BCUT2D eigenvalue weighted by molar-refractivity contribution is 0.0934. The van der Waals surface area contributed by atoms with E-state index >= 15 is 0 Å². The van der Waals surface area contributed by atoms with Crippen molar-refractivity contribution in [3.63, 3.8) is 0 Å². The highest BCUT2D eigenvalue weighted by atomic mass is 32.1. The van der Waals surface area contributed by atoms with Crippen LogP contribution in [-0.4, -0.2) is 32.6 Å². The molecule has 0 spiro atoms. The Balaban J connectivity index is 1.98. The first-order chi connectivity index (χ1) is 8.70. The van der Waals surface area contributed by atoms with Gasteiger partial charge in [-0.25, -0.2) is 9.97 Å². The van der Waals surface area contributed by atoms with Crippen molar-refractivity contribution in [1.82, 2.24) is 25.5 Å². The van der Waals surface area contributed by atoms with Crippen molar-refractivity contribution < 1.29 is 4.79 Å². The van der Waals surface area contributed by atoms with Crippen LogP contribution >= 0.6 is 11.3 Å². The Kier molecular flexibility index (Phi) is 4.00. The first-order valence-electron chi connectivity index (χ1n) is 5.51. The minimum Gasteiger partial charge on any atom is -0.341 e. The molecule has 96 valence electrons. The molecule has 7 nitrogen and oxygen atoms in total. The van der Waals surface area contributed by atoms with Gasteiger partial charge < -0.3 is 11.1 Å². The van der Waals surface area contributed by atoms with E-state index in [2.05, 4.69) is 25.5 Å². The van der Waals surface area contributed by atoms with Crippen LogP contribution in [-0.2, 0) is 6.42 Å². The predicted octanol–water partition coefficient (Wildman–Crippen LogP) is 0.253. The van der Waals surface area contributed by atoms with Crippen LogP contribution in [0.5, 0.6) is 0 Å². The van der Waals surface area contributed by atoms with Crippen molar-refractivity contribution >= 4 is 17.2 Å². The third-order valence-corrected chi connectivity index (χ3v) is 3.24. The maximum atomic E-state index is 11.9. The summed E-state index contributed by atoms with van der Waals surface area (Å²) >= 11 is 1.44. The molecule has 0 aromatic carbocycles. The Morgan fingerprint density at radius 1 is 1.67 bits per heavy atom. The zero-order valence-electron chi connectivity index (χ0n) is 9.88. The van der Waals surface area contributed by atoms with Gasteiger partial charge in [-0.1, -0.05) is 0 Å². The third kappa shape index (κ3) is 2.90. The Morgan fingerprint density at radius 2 is 2.50 bits per heavy atom. The van der Waals surface area contributed by atoms with Crippen LogP contribution in [0.25, 0.3) is 0 Å². The average molecular weight is 266 g/mol. The molecule has 0 aliphatic heterocycles. The molecular formula is C10H14N6OS. The van der Waals surface area contributed by atoms with E-state index in [0.29, 0.717) is 24.5 Å². The lowest BCUT2D eigenvalue weighted by atomic mass is 10.3. The number of carbonyl (C=O) groups excluding carboxylic acids is 1. The van der Waals surface area contributed by atoms with Gasteiger partial charge in [0.2, 0.25) is 0 Å². The Morgan fingerprint density at radius 3 is 3.17 bits per heavy atom. The highest BCUT2D eigenvalue weighted by Crippen LogP contribution is 2.12. The normalized spacial score (nSPS) is 12.3. The number of amides is 1. The van der Waals surface area contributed by atoms with E-state index in [1.165, 1.54) is 17.7 Å². The van der Waals surface area contributed by atoms with Crippen LogP contribution in [0.2, 0.25) is 0 Å². The summed E-state index contributed by atoms with van der Waals surface area (Å²) in [6.45, 7) is 2.36. The Bertz CT molecular complexity index is 508. The molecule has 8 heteroatoms. The molecule has 4 N–H and O–H groups in total. The maximum absolute atomic E-state index is 11.9. The summed E-state index contributed by atoms with van der Waals surface area (Å²) in [7, 11) is 0. The van der Waals surface area contributed by atoms with Crippen LogP contribution in [0.4, 0.5) is 0 Å². The first-order valence-corrected chi connectivity index (χ1v) is 6.39. The van der Waals surface area contributed by atoms with Gasteiger partial charge in [0, 0.05) is 11.8 Å². The van der Waals surface area contributed by atoms with Crippen molar-refractivity contribution in [3.05, 3.63) is 28.2 Å². The second-order valence-electron chi connectivity index (χ2n) is 3.73. The summed E-state index contributed by atoms with van der Waals surface area (Å²) in [5, 5.41) is 11.8. The number of rotatable bonds is 5. The number of nitrogens with two attached hydrogens (primary N) is 1. The van der Waals surface area contributed by atoms with Crippen LogP contribution < -0.4 is 11.1 Å². The average Bonchev–Trinajstić information content (AvgIpc) is 3.00. The molecule has 18 heavy (non-hydrogen) atoms. The molecule has 1 atom stereocenters. The lowest BCUT2D eigenvalue weighted by Gasteiger charge is -2.09. The summed E-state index contributed by atoms with van der Waals surface area (Å²) in [6, 6.07) is -0.236. The molecule has 1 amide bonds. The van der Waals surface area contributed by atoms with Crippen LogP contribution in [0, 0.1) is 0 Å². The van der Waals surface area contributed by atoms with Crippen LogP contribution in [0.15, 0.2) is 11.7 Å². The fourth-order valence-corrected chi connectivity index (χ4v) is 2.21. The third-order valence-electron chi connectivity index (χ3n) is 2.33. The number of thiazole rings is 1. The second kappa shape index (κ2) is 5.69. The molecule has 0 aliphatic rings. The van der Waals surface area contributed by atoms with Crippen molar-refractivity contribution in [3.8, 4) is 0 Å². The van der Waals surface area contributed by atoms with E-state index in [1.807, 2.05) is 6.92 Å². The zero-order chi connectivity index (χ0) is 13.0. The fraction of sp³-hybridized carbons (Fsp3) is 0.400. The van der Waals surface area contributed by atoms with Gasteiger partial charge in [0.05, 0.1) is 11.0 Å². The van der Waals surface area contributed by atoms with Crippen LogP contribution in [0.3, 0.4) is 0 Å². The van der Waals surface area contributed by atoms with Crippen molar-refractivity contribution in [2.75, 3.05) is 6.54 Å². The van der Waals surface area contributed by atoms with Gasteiger partial charge in [0.15, 0.2) is 0 Å². The number of nitrogens with one attached hydrogen (secondary N) is 2. The molecule has 0 saturated heterocycles. The minimum atomic E-state index is -0.236. The minimum absolute atomic E-state index is 0.224. The molecule has 1 unspecified atom stereocenters.